The van der Waals surface area contributed by atoms with Gasteiger partial charge in [-0.1, -0.05) is 19.3 Å². The van der Waals surface area contributed by atoms with Gasteiger partial charge in [-0.3, -0.25) is 9.69 Å². The lowest BCUT2D eigenvalue weighted by Crippen LogP contribution is -2.49. The summed E-state index contributed by atoms with van der Waals surface area (Å²) in [6.45, 7) is 3.79. The van der Waals surface area contributed by atoms with Crippen molar-refractivity contribution >= 4 is 5.91 Å². The second-order valence-electron chi connectivity index (χ2n) is 7.40. The Hall–Kier alpha value is -0.650. The summed E-state index contributed by atoms with van der Waals surface area (Å²) in [5.74, 6) is 0.814. The Bertz CT molecular complexity index is 365. The third-order valence-corrected chi connectivity index (χ3v) is 5.59. The summed E-state index contributed by atoms with van der Waals surface area (Å²) >= 11 is 0. The molecule has 0 aromatic rings. The molecule has 1 aliphatic carbocycles. The zero-order valence-electron chi connectivity index (χ0n) is 13.6. The summed E-state index contributed by atoms with van der Waals surface area (Å²) in [4.78, 5) is 14.9. The normalized spacial score (nSPS) is 32.2. The first-order chi connectivity index (χ1) is 10.7. The van der Waals surface area contributed by atoms with Gasteiger partial charge in [-0.05, 0) is 51.1 Å². The van der Waals surface area contributed by atoms with E-state index in [1.807, 2.05) is 0 Å². The number of rotatable bonds is 4. The van der Waals surface area contributed by atoms with Crippen molar-refractivity contribution in [2.75, 3.05) is 26.2 Å². The summed E-state index contributed by atoms with van der Waals surface area (Å²) in [6, 6.07) is 0.242. The Morgan fingerprint density at radius 1 is 1.14 bits per heavy atom. The molecule has 0 unspecified atom stereocenters. The first-order valence-corrected chi connectivity index (χ1v) is 9.15. The summed E-state index contributed by atoms with van der Waals surface area (Å²) in [6.07, 6.45) is 8.63. The fourth-order valence-corrected chi connectivity index (χ4v) is 4.29. The van der Waals surface area contributed by atoms with Crippen LogP contribution in [0.25, 0.3) is 0 Å². The molecule has 0 radical (unpaired) electrons. The lowest BCUT2D eigenvalue weighted by atomic mass is 9.95. The highest BCUT2D eigenvalue weighted by Crippen LogP contribution is 2.24. The number of nitrogens with zero attached hydrogens (tertiary/aromatic N) is 1. The number of carbonyl (C=O) groups excluding carboxylic acids is 1. The molecule has 2 aliphatic heterocycles. The van der Waals surface area contributed by atoms with Crippen molar-refractivity contribution in [3.05, 3.63) is 0 Å². The van der Waals surface area contributed by atoms with Gasteiger partial charge >= 0.3 is 0 Å². The van der Waals surface area contributed by atoms with E-state index in [0.29, 0.717) is 24.9 Å². The van der Waals surface area contributed by atoms with E-state index in [0.717, 1.165) is 32.5 Å². The number of hydrogen-bond acceptors (Lipinski definition) is 4. The molecular weight excluding hydrogens is 278 g/mol. The van der Waals surface area contributed by atoms with Gasteiger partial charge in [0.25, 0.3) is 0 Å². The number of likely N-dealkylation sites (tertiary alicyclic amines) is 1. The summed E-state index contributed by atoms with van der Waals surface area (Å²) in [5, 5.41) is 16.7. The van der Waals surface area contributed by atoms with E-state index in [1.54, 1.807) is 0 Å². The van der Waals surface area contributed by atoms with E-state index in [2.05, 4.69) is 15.5 Å². The first kappa shape index (κ1) is 16.2. The Balaban J connectivity index is 1.53. The molecule has 22 heavy (non-hydrogen) atoms. The van der Waals surface area contributed by atoms with E-state index in [1.165, 1.54) is 32.1 Å². The van der Waals surface area contributed by atoms with Gasteiger partial charge in [-0.2, -0.15) is 0 Å². The molecule has 2 atom stereocenters. The monoisotopic (exact) mass is 309 g/mol. The highest BCUT2D eigenvalue weighted by atomic mass is 16.3. The van der Waals surface area contributed by atoms with E-state index in [4.69, 9.17) is 0 Å². The SMILES string of the molecule is O=C(NC1CCCCC1)[C@H]1C[C@@H](O)CN1CC1CCNCC1. The van der Waals surface area contributed by atoms with Crippen LogP contribution in [0.5, 0.6) is 0 Å². The van der Waals surface area contributed by atoms with Crippen LogP contribution < -0.4 is 10.6 Å². The van der Waals surface area contributed by atoms with E-state index in [9.17, 15) is 9.90 Å². The number of piperidine rings is 1. The van der Waals surface area contributed by atoms with Gasteiger partial charge in [0.1, 0.15) is 0 Å². The van der Waals surface area contributed by atoms with Gasteiger partial charge in [0.05, 0.1) is 12.1 Å². The van der Waals surface area contributed by atoms with Crippen molar-refractivity contribution in [3.63, 3.8) is 0 Å². The fourth-order valence-electron chi connectivity index (χ4n) is 4.29. The van der Waals surface area contributed by atoms with Gasteiger partial charge in [-0.25, -0.2) is 0 Å². The van der Waals surface area contributed by atoms with Crippen LogP contribution >= 0.6 is 0 Å². The molecule has 3 fully saturated rings. The summed E-state index contributed by atoms with van der Waals surface area (Å²) in [5.41, 5.74) is 0. The van der Waals surface area contributed by atoms with Gasteiger partial charge in [0.15, 0.2) is 0 Å². The average Bonchev–Trinajstić information content (AvgIpc) is 2.90. The lowest BCUT2D eigenvalue weighted by Gasteiger charge is -2.31. The Labute approximate surface area is 133 Å². The molecule has 3 rings (SSSR count). The molecule has 2 saturated heterocycles. The highest BCUT2D eigenvalue weighted by Gasteiger charge is 2.37. The molecule has 2 heterocycles. The number of amides is 1. The maximum Gasteiger partial charge on any atom is 0.237 e. The van der Waals surface area contributed by atoms with Gasteiger partial charge < -0.3 is 15.7 Å². The van der Waals surface area contributed by atoms with Crippen LogP contribution in [-0.2, 0) is 4.79 Å². The highest BCUT2D eigenvalue weighted by molar-refractivity contribution is 5.82. The maximum atomic E-state index is 12.6. The van der Waals surface area contributed by atoms with E-state index >= 15 is 0 Å². The molecule has 1 amide bonds. The zero-order chi connectivity index (χ0) is 15.4. The van der Waals surface area contributed by atoms with E-state index < -0.39 is 0 Å². The predicted molar refractivity (Wildman–Crippen MR) is 86.6 cm³/mol. The molecule has 126 valence electrons. The molecule has 0 aromatic heterocycles. The number of carbonyl (C=O) groups is 1. The summed E-state index contributed by atoms with van der Waals surface area (Å²) < 4.78 is 0. The van der Waals surface area contributed by atoms with Crippen LogP contribution in [-0.4, -0.2) is 60.3 Å². The van der Waals surface area contributed by atoms with Crippen LogP contribution in [0.4, 0.5) is 0 Å². The van der Waals surface area contributed by atoms with Crippen molar-refractivity contribution in [1.82, 2.24) is 15.5 Å². The second kappa shape index (κ2) is 7.75. The smallest absolute Gasteiger partial charge is 0.237 e. The third-order valence-electron chi connectivity index (χ3n) is 5.59. The average molecular weight is 309 g/mol. The molecule has 5 nitrogen and oxygen atoms in total. The zero-order valence-corrected chi connectivity index (χ0v) is 13.6. The topological polar surface area (TPSA) is 64.6 Å². The maximum absolute atomic E-state index is 12.6. The van der Waals surface area contributed by atoms with Crippen LogP contribution in [0.1, 0.15) is 51.4 Å². The van der Waals surface area contributed by atoms with Crippen molar-refractivity contribution < 1.29 is 9.90 Å². The Morgan fingerprint density at radius 3 is 2.59 bits per heavy atom. The molecule has 0 aromatic carbocycles. The van der Waals surface area contributed by atoms with Crippen LogP contribution in [0.3, 0.4) is 0 Å². The van der Waals surface area contributed by atoms with Crippen LogP contribution in [0.2, 0.25) is 0 Å². The first-order valence-electron chi connectivity index (χ1n) is 9.15. The minimum atomic E-state index is -0.344. The Kier molecular flexibility index (Phi) is 5.71. The van der Waals surface area contributed by atoms with Crippen molar-refractivity contribution in [2.45, 2.75) is 69.6 Å². The fraction of sp³-hybridized carbons (Fsp3) is 0.941. The quantitative estimate of drug-likeness (QED) is 0.721. The molecule has 3 aliphatic rings. The summed E-state index contributed by atoms with van der Waals surface area (Å²) in [7, 11) is 0. The molecule has 1 saturated carbocycles. The number of β-amino-alcohol motifs (C(OH)–C–C–N with tert-alkyl or cyclic N) is 1. The Morgan fingerprint density at radius 2 is 1.86 bits per heavy atom. The number of aliphatic hydroxyl groups is 1. The lowest BCUT2D eigenvalue weighted by molar-refractivity contribution is -0.126. The standard InChI is InChI=1S/C17H31N3O2/c21-15-10-16(17(22)19-14-4-2-1-3-5-14)20(12-15)11-13-6-8-18-9-7-13/h13-16,18,21H,1-12H2,(H,19,22)/t15-,16-/m1/s1. The minimum Gasteiger partial charge on any atom is -0.392 e. The third kappa shape index (κ3) is 4.21. The molecule has 5 heteroatoms. The van der Waals surface area contributed by atoms with Gasteiger partial charge in [0.2, 0.25) is 5.91 Å². The van der Waals surface area contributed by atoms with E-state index in [-0.39, 0.29) is 18.1 Å². The van der Waals surface area contributed by atoms with Crippen LogP contribution in [0, 0.1) is 5.92 Å². The number of hydrogen-bond donors (Lipinski definition) is 3. The van der Waals surface area contributed by atoms with Crippen molar-refractivity contribution in [3.8, 4) is 0 Å². The van der Waals surface area contributed by atoms with Gasteiger partial charge in [0, 0.05) is 19.1 Å². The molecule has 0 bridgehead atoms. The van der Waals surface area contributed by atoms with Crippen LogP contribution in [0.15, 0.2) is 0 Å². The number of aliphatic hydroxyl groups excluding tert-OH is 1. The van der Waals surface area contributed by atoms with Crippen molar-refractivity contribution in [1.29, 1.82) is 0 Å². The molecule has 0 spiro atoms. The van der Waals surface area contributed by atoms with Crippen molar-refractivity contribution in [2.24, 2.45) is 5.92 Å². The number of nitrogens with one attached hydrogen (secondary N) is 2. The predicted octanol–water partition coefficient (Wildman–Crippen LogP) is 0.870. The largest absolute Gasteiger partial charge is 0.392 e. The minimum absolute atomic E-state index is 0.119. The van der Waals surface area contributed by atoms with Gasteiger partial charge in [-0.15, -0.1) is 0 Å². The molecular formula is C17H31N3O2. The molecule has 3 N–H and O–H groups in total. The second-order valence-corrected chi connectivity index (χ2v) is 7.40.